The fourth-order valence-electron chi connectivity index (χ4n) is 6.61. The summed E-state index contributed by atoms with van der Waals surface area (Å²) in [7, 11) is 0. The third kappa shape index (κ3) is 5.42. The molecule has 0 amide bonds. The summed E-state index contributed by atoms with van der Waals surface area (Å²) in [5, 5.41) is 9.60. The van der Waals surface area contributed by atoms with E-state index in [9.17, 15) is 9.90 Å². The van der Waals surface area contributed by atoms with E-state index in [4.69, 9.17) is 41.6 Å². The van der Waals surface area contributed by atoms with Gasteiger partial charge in [0.25, 0.3) is 0 Å². The smallest absolute Gasteiger partial charge is 0.303 e. The predicted molar refractivity (Wildman–Crippen MR) is 129 cm³/mol. The molecular weight excluding hydrogens is 480 g/mol. The van der Waals surface area contributed by atoms with E-state index < -0.39 is 6.29 Å². The molecule has 2 spiro atoms. The third-order valence-corrected chi connectivity index (χ3v) is 8.34. The van der Waals surface area contributed by atoms with Crippen molar-refractivity contribution < 1.29 is 38.3 Å². The standard InChI is InChI=1S/C15H19NO4.C12H17NO4/c1-10(17)18-12-5-7-15-9-13(12)19-14(15)4-3-11(20-15)6-8-16-2;1-13-5-4-8-2-3-10-12(17-8)6-9(16-10)11(14)15-7-12/h5,7,11-14H,3-4,6,8-9H2,1H3;8-11,14H,2-7H2/t11-,12?,13-,14+,15+;8-,9-,10+,11?,12-/m11/s1. The Morgan fingerprint density at radius 2 is 1.68 bits per heavy atom. The Hall–Kier alpha value is -2.05. The number of esters is 1. The number of rotatable bonds is 5. The molecule has 37 heavy (non-hydrogen) atoms. The fraction of sp³-hybridized carbons (Fsp3) is 0.815. The minimum atomic E-state index is -0.809. The summed E-state index contributed by atoms with van der Waals surface area (Å²) in [4.78, 5) is 17.9. The van der Waals surface area contributed by atoms with Crippen molar-refractivity contribution in [2.24, 2.45) is 0 Å². The molecule has 10 heteroatoms. The van der Waals surface area contributed by atoms with Crippen molar-refractivity contribution in [3.8, 4) is 0 Å². The molecular formula is C27H36N2O8. The second-order valence-corrected chi connectivity index (χ2v) is 10.9. The number of carbonyl (C=O) groups excluding carboxylic acids is 1. The molecule has 2 unspecified atom stereocenters. The number of nitrogens with zero attached hydrogens (tertiary/aromatic N) is 2. The van der Waals surface area contributed by atoms with Crippen LogP contribution in [0.15, 0.2) is 12.2 Å². The zero-order chi connectivity index (χ0) is 26.0. The Balaban J connectivity index is 0.000000153. The molecule has 6 aliphatic rings. The van der Waals surface area contributed by atoms with Crippen molar-refractivity contribution in [2.75, 3.05) is 19.7 Å². The third-order valence-electron chi connectivity index (χ3n) is 8.34. The van der Waals surface area contributed by atoms with Gasteiger partial charge >= 0.3 is 5.97 Å². The summed E-state index contributed by atoms with van der Waals surface area (Å²) < 4.78 is 34.7. The van der Waals surface area contributed by atoms with Gasteiger partial charge in [0.05, 0.1) is 31.0 Å². The average Bonchev–Trinajstić information content (AvgIpc) is 3.38. The van der Waals surface area contributed by atoms with Crippen molar-refractivity contribution in [3.05, 3.63) is 35.0 Å². The molecule has 5 fully saturated rings. The van der Waals surface area contributed by atoms with E-state index in [0.29, 0.717) is 26.1 Å². The highest BCUT2D eigenvalue weighted by molar-refractivity contribution is 5.66. The van der Waals surface area contributed by atoms with Gasteiger partial charge in [0, 0.05) is 32.6 Å². The van der Waals surface area contributed by atoms with E-state index in [0.717, 1.165) is 44.9 Å². The quantitative estimate of drug-likeness (QED) is 0.338. The fourth-order valence-corrected chi connectivity index (χ4v) is 6.61. The molecule has 0 saturated carbocycles. The average molecular weight is 517 g/mol. The maximum Gasteiger partial charge on any atom is 0.303 e. The van der Waals surface area contributed by atoms with Crippen LogP contribution in [0.4, 0.5) is 0 Å². The molecule has 1 aliphatic carbocycles. The summed E-state index contributed by atoms with van der Waals surface area (Å²) in [6.45, 7) is 16.5. The van der Waals surface area contributed by atoms with Crippen LogP contribution in [0, 0.1) is 13.1 Å². The zero-order valence-electron chi connectivity index (χ0n) is 21.3. The minimum Gasteiger partial charge on any atom is -0.456 e. The maximum atomic E-state index is 11.1. The number of aliphatic hydroxyl groups is 1. The Morgan fingerprint density at radius 1 is 1.00 bits per heavy atom. The van der Waals surface area contributed by atoms with Crippen LogP contribution in [-0.4, -0.2) is 91.0 Å². The van der Waals surface area contributed by atoms with Crippen LogP contribution >= 0.6 is 0 Å². The van der Waals surface area contributed by atoms with Gasteiger partial charge in [-0.2, -0.15) is 0 Å². The highest BCUT2D eigenvalue weighted by Gasteiger charge is 2.58. The summed E-state index contributed by atoms with van der Waals surface area (Å²) in [6, 6.07) is 0. The molecule has 0 aromatic heterocycles. The van der Waals surface area contributed by atoms with E-state index in [1.807, 2.05) is 12.2 Å². The molecule has 5 aliphatic heterocycles. The van der Waals surface area contributed by atoms with E-state index in [2.05, 4.69) is 9.69 Å². The molecule has 5 saturated heterocycles. The maximum absolute atomic E-state index is 11.1. The van der Waals surface area contributed by atoms with Crippen LogP contribution in [0.3, 0.4) is 0 Å². The van der Waals surface area contributed by atoms with Gasteiger partial charge in [-0.05, 0) is 31.8 Å². The molecule has 202 valence electrons. The normalized spacial score (nSPS) is 44.9. The van der Waals surface area contributed by atoms with Gasteiger partial charge in [-0.15, -0.1) is 0 Å². The monoisotopic (exact) mass is 516 g/mol. The van der Waals surface area contributed by atoms with E-state index in [1.165, 1.54) is 6.92 Å². The Morgan fingerprint density at radius 3 is 2.38 bits per heavy atom. The van der Waals surface area contributed by atoms with Gasteiger partial charge in [0.1, 0.15) is 29.5 Å². The molecule has 0 radical (unpaired) electrons. The van der Waals surface area contributed by atoms with Crippen molar-refractivity contribution >= 4 is 5.97 Å². The van der Waals surface area contributed by atoms with Crippen LogP contribution in [0.25, 0.3) is 9.69 Å². The van der Waals surface area contributed by atoms with Crippen LogP contribution in [0.5, 0.6) is 0 Å². The lowest BCUT2D eigenvalue weighted by atomic mass is 9.82. The largest absolute Gasteiger partial charge is 0.456 e. The van der Waals surface area contributed by atoms with E-state index >= 15 is 0 Å². The Bertz CT molecular complexity index is 961. The first-order valence-electron chi connectivity index (χ1n) is 13.4. The molecule has 4 bridgehead atoms. The summed E-state index contributed by atoms with van der Waals surface area (Å²) in [5.41, 5.74) is -0.735. The number of carbonyl (C=O) groups is 1. The SMILES string of the molecule is [C-]#[N+]CC[C@H]1CC[C@@H]2O[C@@H]3C[C@]2(C=CC3OC(C)=O)O1.[C-]#[N+]CC[C@H]1CC[C@@H]2O[C@@H]3C[C@]2(COC3O)O1. The molecule has 6 rings (SSSR count). The lowest BCUT2D eigenvalue weighted by molar-refractivity contribution is -0.222. The first-order valence-corrected chi connectivity index (χ1v) is 13.4. The van der Waals surface area contributed by atoms with Crippen molar-refractivity contribution in [2.45, 2.75) is 119 Å². The number of aliphatic hydroxyl groups excluding tert-OH is 1. The Labute approximate surface area is 217 Å². The van der Waals surface area contributed by atoms with Crippen molar-refractivity contribution in [1.82, 2.24) is 0 Å². The van der Waals surface area contributed by atoms with Crippen molar-refractivity contribution in [1.29, 1.82) is 0 Å². The van der Waals surface area contributed by atoms with Crippen LogP contribution < -0.4 is 0 Å². The zero-order valence-corrected chi connectivity index (χ0v) is 21.3. The first kappa shape index (κ1) is 26.6. The van der Waals surface area contributed by atoms with Gasteiger partial charge in [0.2, 0.25) is 13.1 Å². The van der Waals surface area contributed by atoms with E-state index in [1.54, 1.807) is 0 Å². The van der Waals surface area contributed by atoms with E-state index in [-0.39, 0.29) is 59.9 Å². The van der Waals surface area contributed by atoms with Crippen LogP contribution in [-0.2, 0) is 33.2 Å². The summed E-state index contributed by atoms with van der Waals surface area (Å²) in [5.74, 6) is -0.287. The number of hydrogen-bond acceptors (Lipinski definition) is 8. The summed E-state index contributed by atoms with van der Waals surface area (Å²) >= 11 is 0. The van der Waals surface area contributed by atoms with Gasteiger partial charge in [0.15, 0.2) is 6.29 Å². The van der Waals surface area contributed by atoms with Gasteiger partial charge < -0.3 is 43.2 Å². The van der Waals surface area contributed by atoms with Gasteiger partial charge in [-0.25, -0.2) is 13.1 Å². The Kier molecular flexibility index (Phi) is 7.88. The second kappa shape index (κ2) is 11.0. The molecule has 1 N–H and O–H groups in total. The van der Waals surface area contributed by atoms with Crippen LogP contribution in [0.2, 0.25) is 0 Å². The first-order chi connectivity index (χ1) is 17.9. The lowest BCUT2D eigenvalue weighted by Gasteiger charge is -2.42. The van der Waals surface area contributed by atoms with Gasteiger partial charge in [-0.1, -0.05) is 6.08 Å². The van der Waals surface area contributed by atoms with Crippen molar-refractivity contribution in [3.63, 3.8) is 0 Å². The molecule has 5 heterocycles. The topological polar surface area (TPSA) is 101 Å². The highest BCUT2D eigenvalue weighted by Crippen LogP contribution is 2.48. The lowest BCUT2D eigenvalue weighted by Crippen LogP contribution is -2.54. The molecule has 10 nitrogen and oxygen atoms in total. The highest BCUT2D eigenvalue weighted by atomic mass is 16.7. The molecule has 10 atom stereocenters. The molecule has 0 aromatic carbocycles. The number of fused-ring (bicyclic) bond motifs is 2. The van der Waals surface area contributed by atoms with Gasteiger partial charge in [-0.3, -0.25) is 4.79 Å². The predicted octanol–water partition coefficient (Wildman–Crippen LogP) is 2.59. The number of ether oxygens (including phenoxy) is 6. The minimum absolute atomic E-state index is 0.0495. The second-order valence-electron chi connectivity index (χ2n) is 10.9. The number of hydrogen-bond donors (Lipinski definition) is 1. The molecule has 0 aromatic rings. The van der Waals surface area contributed by atoms with Crippen LogP contribution in [0.1, 0.15) is 58.3 Å². The summed E-state index contributed by atoms with van der Waals surface area (Å²) in [6.07, 6.45) is 9.60.